The molecule has 0 fully saturated rings. The maximum absolute atomic E-state index is 12.2. The average molecular weight is 322 g/mol. The predicted molar refractivity (Wildman–Crippen MR) is 95.9 cm³/mol. The van der Waals surface area contributed by atoms with Crippen LogP contribution in [0.1, 0.15) is 30.9 Å². The molecular weight excluding hydrogens is 300 g/mol. The zero-order valence-corrected chi connectivity index (χ0v) is 13.8. The Morgan fingerprint density at radius 1 is 1.17 bits per heavy atom. The van der Waals surface area contributed by atoms with E-state index in [-0.39, 0.29) is 17.7 Å². The van der Waals surface area contributed by atoms with Gasteiger partial charge in [-0.25, -0.2) is 0 Å². The first-order valence-electron chi connectivity index (χ1n) is 8.43. The summed E-state index contributed by atoms with van der Waals surface area (Å²) in [7, 11) is 0. The van der Waals surface area contributed by atoms with E-state index in [1.54, 1.807) is 0 Å². The summed E-state index contributed by atoms with van der Waals surface area (Å²) < 4.78 is 0. The van der Waals surface area contributed by atoms with Crippen molar-refractivity contribution in [3.8, 4) is 0 Å². The van der Waals surface area contributed by atoms with Gasteiger partial charge in [-0.2, -0.15) is 0 Å². The Morgan fingerprint density at radius 3 is 2.67 bits per heavy atom. The van der Waals surface area contributed by atoms with Crippen molar-refractivity contribution in [3.63, 3.8) is 0 Å². The molecule has 1 atom stereocenters. The van der Waals surface area contributed by atoms with Gasteiger partial charge in [-0.3, -0.25) is 9.59 Å². The van der Waals surface area contributed by atoms with Gasteiger partial charge in [0.1, 0.15) is 0 Å². The molecule has 1 aliphatic rings. The van der Waals surface area contributed by atoms with Crippen molar-refractivity contribution in [1.82, 2.24) is 0 Å². The summed E-state index contributed by atoms with van der Waals surface area (Å²) in [5.41, 5.74) is 4.07. The highest BCUT2D eigenvalue weighted by molar-refractivity contribution is 5.96. The molecule has 2 N–H and O–H groups in total. The van der Waals surface area contributed by atoms with Gasteiger partial charge >= 0.3 is 0 Å². The van der Waals surface area contributed by atoms with Crippen LogP contribution >= 0.6 is 0 Å². The molecule has 1 aliphatic heterocycles. The normalized spacial score (nSPS) is 16.2. The van der Waals surface area contributed by atoms with Crippen molar-refractivity contribution in [2.24, 2.45) is 5.92 Å². The number of para-hydroxylation sites is 1. The van der Waals surface area contributed by atoms with Crippen LogP contribution in [0.4, 0.5) is 11.4 Å². The molecule has 0 radical (unpaired) electrons. The van der Waals surface area contributed by atoms with Gasteiger partial charge in [-0.15, -0.1) is 0 Å². The number of aryl methyl sites for hydroxylation is 1. The standard InChI is InChI=1S/C20H22N2O2/c1-2-14-7-10-17(11-8-14)21-19(23)12-9-16-13-15-5-3-4-6-18(15)22-20(16)24/h3-8,10-11,16H,2,9,12-13H2,1H3,(H,21,23)(H,22,24). The van der Waals surface area contributed by atoms with Gasteiger partial charge in [0.25, 0.3) is 0 Å². The van der Waals surface area contributed by atoms with E-state index in [0.29, 0.717) is 19.3 Å². The Labute approximate surface area is 142 Å². The Hall–Kier alpha value is -2.62. The number of hydrogen-bond acceptors (Lipinski definition) is 2. The summed E-state index contributed by atoms with van der Waals surface area (Å²) in [6.07, 6.45) is 2.57. The van der Waals surface area contributed by atoms with E-state index in [1.165, 1.54) is 5.56 Å². The van der Waals surface area contributed by atoms with Crippen molar-refractivity contribution in [3.05, 3.63) is 59.7 Å². The summed E-state index contributed by atoms with van der Waals surface area (Å²) in [6.45, 7) is 2.10. The first kappa shape index (κ1) is 16.2. The topological polar surface area (TPSA) is 58.2 Å². The van der Waals surface area contributed by atoms with Gasteiger partial charge in [-0.05, 0) is 48.6 Å². The molecule has 0 saturated carbocycles. The molecule has 24 heavy (non-hydrogen) atoms. The van der Waals surface area contributed by atoms with Gasteiger partial charge < -0.3 is 10.6 Å². The van der Waals surface area contributed by atoms with Crippen LogP contribution in [0.2, 0.25) is 0 Å². The maximum atomic E-state index is 12.2. The summed E-state index contributed by atoms with van der Waals surface area (Å²) >= 11 is 0. The molecule has 2 amide bonds. The van der Waals surface area contributed by atoms with Crippen LogP contribution in [0.25, 0.3) is 0 Å². The SMILES string of the molecule is CCc1ccc(NC(=O)CCC2Cc3ccccc3NC2=O)cc1. The van der Waals surface area contributed by atoms with Crippen molar-refractivity contribution in [1.29, 1.82) is 0 Å². The zero-order valence-electron chi connectivity index (χ0n) is 13.8. The third-order valence-electron chi connectivity index (χ3n) is 4.48. The second-order valence-corrected chi connectivity index (χ2v) is 6.18. The van der Waals surface area contributed by atoms with Gasteiger partial charge in [0.15, 0.2) is 0 Å². The Kier molecular flexibility index (Phi) is 4.94. The fourth-order valence-electron chi connectivity index (χ4n) is 3.00. The lowest BCUT2D eigenvalue weighted by atomic mass is 9.89. The minimum atomic E-state index is -0.145. The Bertz CT molecular complexity index is 738. The maximum Gasteiger partial charge on any atom is 0.227 e. The lowest BCUT2D eigenvalue weighted by Gasteiger charge is -2.24. The summed E-state index contributed by atoms with van der Waals surface area (Å²) in [5, 5.41) is 5.82. The van der Waals surface area contributed by atoms with Gasteiger partial charge in [0.05, 0.1) is 0 Å². The number of rotatable bonds is 5. The predicted octanol–water partition coefficient (Wildman–Crippen LogP) is 3.78. The second-order valence-electron chi connectivity index (χ2n) is 6.18. The fraction of sp³-hybridized carbons (Fsp3) is 0.300. The highest BCUT2D eigenvalue weighted by Crippen LogP contribution is 2.27. The summed E-state index contributed by atoms with van der Waals surface area (Å²) in [5.74, 6) is -0.187. The molecule has 124 valence electrons. The molecule has 4 nitrogen and oxygen atoms in total. The molecular formula is C20H22N2O2. The second kappa shape index (κ2) is 7.30. The van der Waals surface area contributed by atoms with E-state index in [0.717, 1.165) is 23.4 Å². The van der Waals surface area contributed by atoms with E-state index in [1.807, 2.05) is 48.5 Å². The van der Waals surface area contributed by atoms with Crippen LogP contribution in [-0.2, 0) is 22.4 Å². The van der Waals surface area contributed by atoms with Crippen molar-refractivity contribution < 1.29 is 9.59 Å². The number of carbonyl (C=O) groups excluding carboxylic acids is 2. The lowest BCUT2D eigenvalue weighted by Crippen LogP contribution is -2.30. The third-order valence-corrected chi connectivity index (χ3v) is 4.48. The molecule has 1 heterocycles. The average Bonchev–Trinajstić information content (AvgIpc) is 2.60. The number of nitrogens with one attached hydrogen (secondary N) is 2. The number of fused-ring (bicyclic) bond motifs is 1. The Balaban J connectivity index is 1.53. The highest BCUT2D eigenvalue weighted by Gasteiger charge is 2.26. The molecule has 2 aromatic rings. The molecule has 0 saturated heterocycles. The number of benzene rings is 2. The molecule has 0 bridgehead atoms. The smallest absolute Gasteiger partial charge is 0.227 e. The van der Waals surface area contributed by atoms with E-state index in [4.69, 9.17) is 0 Å². The van der Waals surface area contributed by atoms with Crippen LogP contribution in [0, 0.1) is 5.92 Å². The monoisotopic (exact) mass is 322 g/mol. The molecule has 2 aromatic carbocycles. The largest absolute Gasteiger partial charge is 0.326 e. The van der Waals surface area contributed by atoms with Crippen LogP contribution in [0.3, 0.4) is 0 Å². The van der Waals surface area contributed by atoms with E-state index in [9.17, 15) is 9.59 Å². The fourth-order valence-corrected chi connectivity index (χ4v) is 3.00. The molecule has 0 aliphatic carbocycles. The van der Waals surface area contributed by atoms with Crippen LogP contribution in [-0.4, -0.2) is 11.8 Å². The molecule has 4 heteroatoms. The van der Waals surface area contributed by atoms with Gasteiger partial charge in [0.2, 0.25) is 11.8 Å². The summed E-state index contributed by atoms with van der Waals surface area (Å²) in [4.78, 5) is 24.3. The number of hydrogen-bond donors (Lipinski definition) is 2. The third kappa shape index (κ3) is 3.82. The lowest BCUT2D eigenvalue weighted by molar-refractivity contribution is -0.121. The van der Waals surface area contributed by atoms with Crippen LogP contribution < -0.4 is 10.6 Å². The van der Waals surface area contributed by atoms with Crippen molar-refractivity contribution in [2.45, 2.75) is 32.6 Å². The first-order valence-corrected chi connectivity index (χ1v) is 8.43. The number of amides is 2. The van der Waals surface area contributed by atoms with Gasteiger partial charge in [-0.1, -0.05) is 37.3 Å². The van der Waals surface area contributed by atoms with E-state index in [2.05, 4.69) is 17.6 Å². The molecule has 0 aromatic heterocycles. The highest BCUT2D eigenvalue weighted by atomic mass is 16.2. The van der Waals surface area contributed by atoms with E-state index < -0.39 is 0 Å². The number of anilines is 2. The molecule has 1 unspecified atom stereocenters. The Morgan fingerprint density at radius 2 is 1.92 bits per heavy atom. The quantitative estimate of drug-likeness (QED) is 0.880. The minimum Gasteiger partial charge on any atom is -0.326 e. The zero-order chi connectivity index (χ0) is 16.9. The minimum absolute atomic E-state index is 0.00815. The molecule has 3 rings (SSSR count). The van der Waals surface area contributed by atoms with E-state index >= 15 is 0 Å². The van der Waals surface area contributed by atoms with Crippen molar-refractivity contribution >= 4 is 23.2 Å². The van der Waals surface area contributed by atoms with Crippen LogP contribution in [0.15, 0.2) is 48.5 Å². The van der Waals surface area contributed by atoms with Crippen LogP contribution in [0.5, 0.6) is 0 Å². The first-order chi connectivity index (χ1) is 11.7. The molecule has 0 spiro atoms. The number of carbonyl (C=O) groups is 2. The van der Waals surface area contributed by atoms with Crippen molar-refractivity contribution in [2.75, 3.05) is 10.6 Å². The van der Waals surface area contributed by atoms with Gasteiger partial charge in [0, 0.05) is 23.7 Å². The summed E-state index contributed by atoms with van der Waals surface area (Å²) in [6, 6.07) is 15.7.